The van der Waals surface area contributed by atoms with Crippen LogP contribution in [0, 0.1) is 10.1 Å². The van der Waals surface area contributed by atoms with Crippen LogP contribution in [-0.2, 0) is 49.5 Å². The van der Waals surface area contributed by atoms with Crippen molar-refractivity contribution in [3.8, 4) is 0 Å². The fraction of sp³-hybridized carbons (Fsp3) is 0.421. The van der Waals surface area contributed by atoms with Crippen LogP contribution >= 0.6 is 35.1 Å². The predicted molar refractivity (Wildman–Crippen MR) is 144 cm³/mol. The Labute approximate surface area is 246 Å². The Kier molecular flexibility index (Phi) is 10.2. The molecule has 4 rings (SSSR count). The minimum Gasteiger partial charge on any atom is -0.390 e. The summed E-state index contributed by atoms with van der Waals surface area (Å²) in [4.78, 5) is 51.1. The Morgan fingerprint density at radius 3 is 2.49 bits per heavy atom. The highest BCUT2D eigenvalue weighted by molar-refractivity contribution is 7.66. The number of anilines is 1. The first-order valence-electron chi connectivity index (χ1n) is 11.8. The molecule has 0 spiro atoms. The highest BCUT2D eigenvalue weighted by Crippen LogP contribution is 2.66. The van der Waals surface area contributed by atoms with Crippen LogP contribution in [0.25, 0.3) is 0 Å². The third-order valence-electron chi connectivity index (χ3n) is 5.93. The van der Waals surface area contributed by atoms with Crippen molar-refractivity contribution < 1.29 is 65.9 Å². The minimum atomic E-state index is -5.73. The summed E-state index contributed by atoms with van der Waals surface area (Å²) in [6, 6.07) is 6.04. The van der Waals surface area contributed by atoms with Gasteiger partial charge in [0.1, 0.15) is 18.1 Å². The topological polar surface area (TPSA) is 297 Å². The summed E-state index contributed by atoms with van der Waals surface area (Å²) in [5.74, 6) is 0.282. The number of halogens is 1. The summed E-state index contributed by atoms with van der Waals surface area (Å²) in [6.07, 6.45) is -2.11. The van der Waals surface area contributed by atoms with Crippen molar-refractivity contribution in [1.82, 2.24) is 4.57 Å². The molecule has 0 aliphatic carbocycles. The second kappa shape index (κ2) is 13.0. The van der Waals surface area contributed by atoms with E-state index in [1.165, 1.54) is 16.7 Å². The molecule has 0 radical (unpaired) electrons. The number of nitro groups is 1. The number of guanidine groups is 1. The van der Waals surface area contributed by atoms with Gasteiger partial charge in [-0.2, -0.15) is 8.62 Å². The molecule has 238 valence electrons. The number of para-hydroxylation sites is 1. The number of ether oxygens (including phenoxy) is 2. The van der Waals surface area contributed by atoms with Crippen molar-refractivity contribution in [3.63, 3.8) is 0 Å². The van der Waals surface area contributed by atoms with Crippen molar-refractivity contribution in [2.45, 2.75) is 43.6 Å². The van der Waals surface area contributed by atoms with E-state index in [9.17, 15) is 38.7 Å². The molecule has 6 atom stereocenters. The smallest absolute Gasteiger partial charge is 0.390 e. The van der Waals surface area contributed by atoms with Crippen LogP contribution in [0.1, 0.15) is 34.8 Å². The number of fused-ring (bicyclic) bond motifs is 1. The van der Waals surface area contributed by atoms with Gasteiger partial charge in [-0.05, 0) is 6.07 Å². The molecule has 1 fully saturated rings. The zero-order valence-corrected chi connectivity index (χ0v) is 24.9. The van der Waals surface area contributed by atoms with Gasteiger partial charge in [-0.25, -0.2) is 18.7 Å². The molecular weight excluding hydrogens is 667 g/mol. The van der Waals surface area contributed by atoms with Crippen molar-refractivity contribution in [2.75, 3.05) is 11.9 Å². The quantitative estimate of drug-likeness (QED) is 0.0520. The first kappa shape index (κ1) is 33.6. The van der Waals surface area contributed by atoms with Gasteiger partial charge in [0.25, 0.3) is 5.69 Å². The maximum atomic E-state index is 12.1. The van der Waals surface area contributed by atoms with E-state index in [-0.39, 0.29) is 31.3 Å². The Hall–Kier alpha value is -2.25. The molecular formula is C19H25ClN5O15P3. The van der Waals surface area contributed by atoms with E-state index in [1.54, 1.807) is 18.3 Å². The van der Waals surface area contributed by atoms with Crippen LogP contribution in [0.3, 0.4) is 0 Å². The fourth-order valence-corrected chi connectivity index (χ4v) is 7.64. The molecule has 0 saturated carbocycles. The van der Waals surface area contributed by atoms with Crippen molar-refractivity contribution in [3.05, 3.63) is 57.3 Å². The first-order chi connectivity index (χ1) is 19.9. The second-order valence-electron chi connectivity index (χ2n) is 9.00. The van der Waals surface area contributed by atoms with Crippen LogP contribution in [-0.4, -0.2) is 58.9 Å². The average Bonchev–Trinajstić information content (AvgIpc) is 3.40. The van der Waals surface area contributed by atoms with Gasteiger partial charge < -0.3 is 49.8 Å². The third kappa shape index (κ3) is 8.69. The number of nitrogens with zero attached hydrogens (tertiary/aromatic N) is 3. The normalized spacial score (nSPS) is 24.8. The van der Waals surface area contributed by atoms with E-state index in [2.05, 4.69) is 23.5 Å². The number of nitrogens with two attached hydrogens (primary N) is 1. The van der Waals surface area contributed by atoms with E-state index < -0.39 is 58.9 Å². The number of aliphatic imine (C=N–C) groups is 1. The van der Waals surface area contributed by atoms with Gasteiger partial charge in [0, 0.05) is 29.8 Å². The largest absolute Gasteiger partial charge is 0.490 e. The molecule has 2 aliphatic heterocycles. The standard InChI is InChI=1S/C19H25ClN5O15P3/c20-17-16-11(8-36-7-10-3-1-2-4-12(10)25(27)28)6-24(18(16)23-19(21)22-17)15-5-13(26)14(38-15)9-37-42(32,33)40-43(34,35)39-41(29,30)31/h1-4,6,13-15,17,26H,5,7-9H2,(H,32,33)(H,34,35)(H3,21,22,23)(H2,29,30,31)/t13?,14-,15-,17?/m1/s1. The maximum absolute atomic E-state index is 12.1. The molecule has 20 nitrogen and oxygen atoms in total. The molecule has 2 aromatic rings. The van der Waals surface area contributed by atoms with E-state index in [4.69, 9.17) is 36.6 Å². The summed E-state index contributed by atoms with van der Waals surface area (Å²) in [5, 5.41) is 24.7. The molecule has 4 unspecified atom stereocenters. The van der Waals surface area contributed by atoms with Gasteiger partial charge in [0.15, 0.2) is 11.5 Å². The molecule has 1 aromatic carbocycles. The lowest BCUT2D eigenvalue weighted by atomic mass is 10.1. The van der Waals surface area contributed by atoms with Gasteiger partial charge in [0.05, 0.1) is 36.4 Å². The van der Waals surface area contributed by atoms with Crippen molar-refractivity contribution in [1.29, 1.82) is 0 Å². The number of hydrogen-bond donors (Lipinski definition) is 7. The number of aliphatic hydroxyl groups excluding tert-OH is 1. The van der Waals surface area contributed by atoms with E-state index >= 15 is 0 Å². The highest BCUT2D eigenvalue weighted by Gasteiger charge is 2.43. The summed E-state index contributed by atoms with van der Waals surface area (Å²) in [6.45, 7) is -1.05. The Bertz CT molecular complexity index is 1550. The molecule has 3 heterocycles. The number of aliphatic hydroxyl groups is 1. The number of phosphoric ester groups is 1. The molecule has 8 N–H and O–H groups in total. The number of phosphoric acid groups is 3. The summed E-state index contributed by atoms with van der Waals surface area (Å²) >= 11 is 6.43. The van der Waals surface area contributed by atoms with E-state index in [0.717, 1.165) is 0 Å². The van der Waals surface area contributed by atoms with E-state index in [0.29, 0.717) is 22.5 Å². The Balaban J connectivity index is 1.46. The van der Waals surface area contributed by atoms with Crippen molar-refractivity contribution >= 4 is 52.5 Å². The number of nitrogens with one attached hydrogen (secondary N) is 1. The first-order valence-corrected chi connectivity index (χ1v) is 16.8. The Morgan fingerprint density at radius 1 is 1.14 bits per heavy atom. The van der Waals surface area contributed by atoms with Crippen LogP contribution < -0.4 is 11.1 Å². The van der Waals surface area contributed by atoms with Gasteiger partial charge in [-0.15, -0.1) is 0 Å². The van der Waals surface area contributed by atoms with Gasteiger partial charge in [-0.3, -0.25) is 14.6 Å². The summed E-state index contributed by atoms with van der Waals surface area (Å²) in [5.41, 5.74) is 6.02. The molecule has 43 heavy (non-hydrogen) atoms. The highest BCUT2D eigenvalue weighted by atomic mass is 35.5. The number of hydrogen-bond acceptors (Lipinski definition) is 14. The second-order valence-corrected chi connectivity index (χ2v) is 13.8. The lowest BCUT2D eigenvalue weighted by molar-refractivity contribution is -0.386. The van der Waals surface area contributed by atoms with Crippen LogP contribution in [0.15, 0.2) is 35.5 Å². The molecule has 0 bridgehead atoms. The van der Waals surface area contributed by atoms with E-state index in [1.807, 2.05) is 0 Å². The predicted octanol–water partition coefficient (Wildman–Crippen LogP) is 2.08. The zero-order valence-electron chi connectivity index (χ0n) is 21.5. The van der Waals surface area contributed by atoms with Crippen LogP contribution in [0.4, 0.5) is 11.5 Å². The monoisotopic (exact) mass is 691 g/mol. The molecule has 2 aliphatic rings. The number of alkyl halides is 1. The number of nitro benzene ring substituents is 1. The molecule has 24 heteroatoms. The molecule has 1 saturated heterocycles. The number of rotatable bonds is 13. The molecule has 0 amide bonds. The maximum Gasteiger partial charge on any atom is 0.490 e. The van der Waals surface area contributed by atoms with Crippen LogP contribution in [0.2, 0.25) is 0 Å². The zero-order chi connectivity index (χ0) is 31.7. The van der Waals surface area contributed by atoms with Crippen molar-refractivity contribution in [2.24, 2.45) is 10.7 Å². The summed E-state index contributed by atoms with van der Waals surface area (Å²) in [7, 11) is -16.8. The fourth-order valence-electron chi connectivity index (χ4n) is 4.26. The summed E-state index contributed by atoms with van der Waals surface area (Å²) < 4.78 is 59.3. The minimum absolute atomic E-state index is 0.0398. The number of aromatic nitrogens is 1. The van der Waals surface area contributed by atoms with Gasteiger partial charge in [0.2, 0.25) is 0 Å². The average molecular weight is 692 g/mol. The SMILES string of the molecule is NC1=NC(Cl)c2c(COCc3ccccc3[N+](=O)[O-])cn([C@H]3CC(O)[C@@H](COP(=O)(O)OP(=O)(O)OP(=O)(O)O)O3)c2N1. The lowest BCUT2D eigenvalue weighted by Crippen LogP contribution is -2.29. The Morgan fingerprint density at radius 2 is 1.81 bits per heavy atom. The number of benzene rings is 1. The molecule has 1 aromatic heterocycles. The van der Waals surface area contributed by atoms with Crippen LogP contribution in [0.5, 0.6) is 0 Å². The van der Waals surface area contributed by atoms with Gasteiger partial charge >= 0.3 is 23.5 Å². The third-order valence-corrected chi connectivity index (χ3v) is 10.0. The van der Waals surface area contributed by atoms with Gasteiger partial charge in [-0.1, -0.05) is 23.7 Å². The lowest BCUT2D eigenvalue weighted by Gasteiger charge is -2.23.